The fourth-order valence-corrected chi connectivity index (χ4v) is 1.81. The second kappa shape index (κ2) is 6.13. The number of aromatic amines is 1. The Morgan fingerprint density at radius 1 is 1.22 bits per heavy atom. The van der Waals surface area contributed by atoms with Crippen LogP contribution in [0.15, 0.2) is 41.2 Å². The molecule has 0 fully saturated rings. The van der Waals surface area contributed by atoms with Gasteiger partial charge in [0.05, 0.1) is 12.2 Å². The Hall–Kier alpha value is -3.43. The van der Waals surface area contributed by atoms with E-state index in [0.717, 1.165) is 4.68 Å². The van der Waals surface area contributed by atoms with E-state index in [0.29, 0.717) is 11.5 Å². The van der Waals surface area contributed by atoms with Crippen LogP contribution in [-0.4, -0.2) is 36.3 Å². The molecule has 3 aromatic rings. The van der Waals surface area contributed by atoms with Crippen LogP contribution in [0, 0.1) is 5.82 Å². The molecule has 9 nitrogen and oxygen atoms in total. The Morgan fingerprint density at radius 3 is 2.70 bits per heavy atom. The highest BCUT2D eigenvalue weighted by atomic mass is 19.1. The van der Waals surface area contributed by atoms with Crippen LogP contribution in [0.5, 0.6) is 0 Å². The first-order valence-corrected chi connectivity index (χ1v) is 6.50. The predicted molar refractivity (Wildman–Crippen MR) is 75.1 cm³/mol. The minimum atomic E-state index is -0.509. The average Bonchev–Trinajstić information content (AvgIpc) is 3.07. The van der Waals surface area contributed by atoms with E-state index in [9.17, 15) is 14.0 Å². The number of benzene rings is 1. The van der Waals surface area contributed by atoms with E-state index in [1.165, 1.54) is 36.4 Å². The van der Waals surface area contributed by atoms with Crippen LogP contribution >= 0.6 is 0 Å². The molecule has 1 amide bonds. The first kappa shape index (κ1) is 14.5. The SMILES string of the molecule is O=C(NCc1nn[nH]n1)c1ccc(=O)n(-c2ccc(F)cc2)n1. The summed E-state index contributed by atoms with van der Waals surface area (Å²) in [7, 11) is 0. The molecule has 23 heavy (non-hydrogen) atoms. The van der Waals surface area contributed by atoms with Crippen molar-refractivity contribution in [3.63, 3.8) is 0 Å². The van der Waals surface area contributed by atoms with Gasteiger partial charge < -0.3 is 5.32 Å². The number of tetrazole rings is 1. The van der Waals surface area contributed by atoms with Gasteiger partial charge in [0.1, 0.15) is 11.5 Å². The number of halogens is 1. The zero-order valence-electron chi connectivity index (χ0n) is 11.6. The molecule has 1 aromatic carbocycles. The van der Waals surface area contributed by atoms with Crippen molar-refractivity contribution < 1.29 is 9.18 Å². The van der Waals surface area contributed by atoms with Crippen LogP contribution in [-0.2, 0) is 6.54 Å². The van der Waals surface area contributed by atoms with Crippen molar-refractivity contribution in [2.45, 2.75) is 6.54 Å². The first-order valence-electron chi connectivity index (χ1n) is 6.50. The second-order valence-electron chi connectivity index (χ2n) is 4.46. The summed E-state index contributed by atoms with van der Waals surface area (Å²) in [5.74, 6) is -0.633. The lowest BCUT2D eigenvalue weighted by Gasteiger charge is -2.07. The van der Waals surface area contributed by atoms with Gasteiger partial charge in [-0.05, 0) is 30.3 Å². The normalized spacial score (nSPS) is 10.5. The molecule has 0 saturated carbocycles. The zero-order chi connectivity index (χ0) is 16.2. The molecular weight excluding hydrogens is 305 g/mol. The average molecular weight is 315 g/mol. The summed E-state index contributed by atoms with van der Waals surface area (Å²) in [4.78, 5) is 23.9. The summed E-state index contributed by atoms with van der Waals surface area (Å²) in [6, 6.07) is 7.70. The van der Waals surface area contributed by atoms with Crippen molar-refractivity contribution in [1.82, 2.24) is 35.7 Å². The van der Waals surface area contributed by atoms with E-state index >= 15 is 0 Å². The summed E-state index contributed by atoms with van der Waals surface area (Å²) in [6.45, 7) is 0.0622. The maximum atomic E-state index is 13.0. The van der Waals surface area contributed by atoms with Crippen molar-refractivity contribution in [1.29, 1.82) is 0 Å². The number of aromatic nitrogens is 6. The molecule has 0 aliphatic heterocycles. The number of nitrogens with zero attached hydrogens (tertiary/aromatic N) is 5. The van der Waals surface area contributed by atoms with E-state index in [1.54, 1.807) is 0 Å². The third-order valence-electron chi connectivity index (χ3n) is 2.90. The number of H-pyrrole nitrogens is 1. The fraction of sp³-hybridized carbons (Fsp3) is 0.0769. The van der Waals surface area contributed by atoms with E-state index in [4.69, 9.17) is 0 Å². The molecule has 0 aliphatic rings. The number of amides is 1. The minimum absolute atomic E-state index is 0.0254. The summed E-state index contributed by atoms with van der Waals surface area (Å²) in [6.07, 6.45) is 0. The number of rotatable bonds is 4. The summed E-state index contributed by atoms with van der Waals surface area (Å²) < 4.78 is 14.0. The van der Waals surface area contributed by atoms with Crippen LogP contribution in [0.2, 0.25) is 0 Å². The van der Waals surface area contributed by atoms with Gasteiger partial charge >= 0.3 is 0 Å². The van der Waals surface area contributed by atoms with Gasteiger partial charge in [-0.3, -0.25) is 9.59 Å². The van der Waals surface area contributed by atoms with Gasteiger partial charge in [0.2, 0.25) is 0 Å². The minimum Gasteiger partial charge on any atom is -0.343 e. The van der Waals surface area contributed by atoms with Gasteiger partial charge in [-0.2, -0.15) is 15.0 Å². The third kappa shape index (κ3) is 3.26. The number of hydrogen-bond donors (Lipinski definition) is 2. The van der Waals surface area contributed by atoms with Gasteiger partial charge in [-0.25, -0.2) is 4.39 Å². The summed E-state index contributed by atoms with van der Waals surface area (Å²) in [5, 5.41) is 19.5. The van der Waals surface area contributed by atoms with Crippen molar-refractivity contribution in [3.05, 3.63) is 64.1 Å². The molecule has 0 bridgehead atoms. The van der Waals surface area contributed by atoms with Gasteiger partial charge in [0.25, 0.3) is 11.5 Å². The monoisotopic (exact) mass is 315 g/mol. The molecular formula is C13H10FN7O2. The lowest BCUT2D eigenvalue weighted by Crippen LogP contribution is -2.29. The van der Waals surface area contributed by atoms with Crippen LogP contribution in [0.4, 0.5) is 4.39 Å². The Labute approximate surface area is 128 Å². The quantitative estimate of drug-likeness (QED) is 0.689. The molecule has 2 aromatic heterocycles. The van der Waals surface area contributed by atoms with Crippen LogP contribution in [0.3, 0.4) is 0 Å². The van der Waals surface area contributed by atoms with Crippen molar-refractivity contribution in [2.75, 3.05) is 0 Å². The van der Waals surface area contributed by atoms with Crippen LogP contribution < -0.4 is 10.9 Å². The molecule has 0 saturated heterocycles. The highest BCUT2D eigenvalue weighted by Gasteiger charge is 2.11. The number of carbonyl (C=O) groups is 1. The third-order valence-corrected chi connectivity index (χ3v) is 2.90. The number of hydrogen-bond acceptors (Lipinski definition) is 6. The van der Waals surface area contributed by atoms with Gasteiger partial charge in [-0.15, -0.1) is 10.2 Å². The predicted octanol–water partition coefficient (Wildman–Crippen LogP) is -0.185. The molecule has 0 atom stereocenters. The number of nitrogens with one attached hydrogen (secondary N) is 2. The molecule has 116 valence electrons. The number of carbonyl (C=O) groups excluding carboxylic acids is 1. The molecule has 10 heteroatoms. The summed E-state index contributed by atoms with van der Waals surface area (Å²) >= 11 is 0. The molecule has 0 unspecified atom stereocenters. The summed E-state index contributed by atoms with van der Waals surface area (Å²) in [5.41, 5.74) is -0.0621. The second-order valence-corrected chi connectivity index (χ2v) is 4.46. The van der Waals surface area contributed by atoms with Crippen LogP contribution in [0.1, 0.15) is 16.3 Å². The Morgan fingerprint density at radius 2 is 2.00 bits per heavy atom. The first-order chi connectivity index (χ1) is 11.1. The van der Waals surface area contributed by atoms with E-state index < -0.39 is 17.3 Å². The maximum absolute atomic E-state index is 13.0. The lowest BCUT2D eigenvalue weighted by atomic mass is 10.3. The molecule has 3 rings (SSSR count). The largest absolute Gasteiger partial charge is 0.343 e. The molecule has 0 radical (unpaired) electrons. The highest BCUT2D eigenvalue weighted by molar-refractivity contribution is 5.91. The topological polar surface area (TPSA) is 118 Å². The Kier molecular flexibility index (Phi) is 3.87. The van der Waals surface area contributed by atoms with E-state index in [-0.39, 0.29) is 12.2 Å². The van der Waals surface area contributed by atoms with Crippen LogP contribution in [0.25, 0.3) is 5.69 Å². The smallest absolute Gasteiger partial charge is 0.272 e. The highest BCUT2D eigenvalue weighted by Crippen LogP contribution is 2.06. The maximum Gasteiger partial charge on any atom is 0.272 e. The van der Waals surface area contributed by atoms with E-state index in [2.05, 4.69) is 31.0 Å². The molecule has 2 heterocycles. The zero-order valence-corrected chi connectivity index (χ0v) is 11.6. The molecule has 2 N–H and O–H groups in total. The lowest BCUT2D eigenvalue weighted by molar-refractivity contribution is 0.0943. The van der Waals surface area contributed by atoms with Crippen molar-refractivity contribution >= 4 is 5.91 Å². The Balaban J connectivity index is 1.83. The van der Waals surface area contributed by atoms with Crippen molar-refractivity contribution in [3.8, 4) is 5.69 Å². The van der Waals surface area contributed by atoms with Crippen molar-refractivity contribution in [2.24, 2.45) is 0 Å². The van der Waals surface area contributed by atoms with E-state index in [1.807, 2.05) is 0 Å². The molecule has 0 aliphatic carbocycles. The van der Waals surface area contributed by atoms with Gasteiger partial charge in [0, 0.05) is 6.07 Å². The Bertz CT molecular complexity index is 874. The van der Waals surface area contributed by atoms with Gasteiger partial charge in [-0.1, -0.05) is 5.21 Å². The molecule has 0 spiro atoms. The standard InChI is InChI=1S/C13H10FN7O2/c14-8-1-3-9(4-2-8)21-12(22)6-5-10(18-21)13(23)15-7-11-16-19-20-17-11/h1-6H,7H2,(H,15,23)(H,16,17,19,20). The fourth-order valence-electron chi connectivity index (χ4n) is 1.81. The van der Waals surface area contributed by atoms with Gasteiger partial charge in [0.15, 0.2) is 5.82 Å².